The minimum absolute atomic E-state index is 0.186. The molecule has 0 atom stereocenters. The van der Waals surface area contributed by atoms with Crippen LogP contribution in [0.3, 0.4) is 0 Å². The predicted molar refractivity (Wildman–Crippen MR) is 97.8 cm³/mol. The standard InChI is InChI=1S/C17H17NO8S2/c1-12(19)26-14-9-6-10-15(16(14)27(2,21)22)28(23,24)18-17(20)25-11-13-7-4-3-5-8-13/h3-10H,11H2,1-2H3,(H,18,20). The molecule has 0 aliphatic carbocycles. The number of rotatable bonds is 6. The number of hydrogen-bond acceptors (Lipinski definition) is 8. The van der Waals surface area contributed by atoms with Gasteiger partial charge in [0.1, 0.15) is 16.4 Å². The molecule has 1 amide bonds. The molecule has 1 N–H and O–H groups in total. The molecule has 9 nitrogen and oxygen atoms in total. The fourth-order valence-electron chi connectivity index (χ4n) is 2.23. The second-order valence-corrected chi connectivity index (χ2v) is 9.22. The molecule has 0 heterocycles. The van der Waals surface area contributed by atoms with E-state index in [1.807, 2.05) is 0 Å². The molecule has 11 heteroatoms. The number of benzene rings is 2. The molecule has 0 aliphatic rings. The number of ether oxygens (including phenoxy) is 2. The van der Waals surface area contributed by atoms with E-state index >= 15 is 0 Å². The first kappa shape index (κ1) is 21.4. The van der Waals surface area contributed by atoms with Gasteiger partial charge in [0.2, 0.25) is 0 Å². The SMILES string of the molecule is CC(=O)Oc1cccc(S(=O)(=O)NC(=O)OCc2ccccc2)c1S(C)(=O)=O. The summed E-state index contributed by atoms with van der Waals surface area (Å²) < 4.78 is 60.6. The lowest BCUT2D eigenvalue weighted by molar-refractivity contribution is -0.132. The maximum absolute atomic E-state index is 12.5. The van der Waals surface area contributed by atoms with Gasteiger partial charge in [-0.2, -0.15) is 0 Å². The van der Waals surface area contributed by atoms with Crippen molar-refractivity contribution in [2.45, 2.75) is 23.3 Å². The largest absolute Gasteiger partial charge is 0.444 e. The van der Waals surface area contributed by atoms with Crippen molar-refractivity contribution in [1.82, 2.24) is 4.72 Å². The highest BCUT2D eigenvalue weighted by Crippen LogP contribution is 2.31. The number of sulfonamides is 1. The van der Waals surface area contributed by atoms with Gasteiger partial charge in [0.15, 0.2) is 15.6 Å². The molecule has 0 saturated heterocycles. The Bertz CT molecular complexity index is 1090. The zero-order valence-electron chi connectivity index (χ0n) is 14.9. The molecular weight excluding hydrogens is 410 g/mol. The highest BCUT2D eigenvalue weighted by Gasteiger charge is 2.30. The highest BCUT2D eigenvalue weighted by molar-refractivity contribution is 7.93. The molecule has 0 spiro atoms. The molecule has 0 aromatic heterocycles. The number of hydrogen-bond donors (Lipinski definition) is 1. The van der Waals surface area contributed by atoms with Crippen molar-refractivity contribution in [3.8, 4) is 5.75 Å². The lowest BCUT2D eigenvalue weighted by Gasteiger charge is -2.14. The molecule has 0 aliphatic heterocycles. The minimum Gasteiger partial charge on any atom is -0.444 e. The minimum atomic E-state index is -4.63. The van der Waals surface area contributed by atoms with Crippen LogP contribution in [0.4, 0.5) is 4.79 Å². The van der Waals surface area contributed by atoms with Crippen molar-refractivity contribution in [2.24, 2.45) is 0 Å². The number of carbonyl (C=O) groups is 2. The van der Waals surface area contributed by atoms with Crippen LogP contribution in [0.15, 0.2) is 58.3 Å². The average Bonchev–Trinajstić information content (AvgIpc) is 2.59. The fraction of sp³-hybridized carbons (Fsp3) is 0.176. The predicted octanol–water partition coefficient (Wildman–Crippen LogP) is 1.63. The second-order valence-electron chi connectivity index (χ2n) is 5.62. The summed E-state index contributed by atoms with van der Waals surface area (Å²) in [5, 5.41) is 0. The van der Waals surface area contributed by atoms with Crippen LogP contribution in [-0.4, -0.2) is 35.2 Å². The molecule has 0 radical (unpaired) electrons. The van der Waals surface area contributed by atoms with Crippen LogP contribution in [0.1, 0.15) is 12.5 Å². The van der Waals surface area contributed by atoms with Gasteiger partial charge < -0.3 is 9.47 Å². The molecule has 2 rings (SSSR count). The Morgan fingerprint density at radius 1 is 0.964 bits per heavy atom. The Balaban J connectivity index is 2.32. The van der Waals surface area contributed by atoms with Gasteiger partial charge in [-0.25, -0.2) is 26.4 Å². The number of esters is 1. The van der Waals surface area contributed by atoms with E-state index in [4.69, 9.17) is 9.47 Å². The van der Waals surface area contributed by atoms with Crippen LogP contribution in [0.5, 0.6) is 5.75 Å². The summed E-state index contributed by atoms with van der Waals surface area (Å²) in [5.74, 6) is -1.30. The molecule has 0 fully saturated rings. The van der Waals surface area contributed by atoms with E-state index in [0.29, 0.717) is 5.56 Å². The first-order valence-electron chi connectivity index (χ1n) is 7.75. The highest BCUT2D eigenvalue weighted by atomic mass is 32.2. The summed E-state index contributed by atoms with van der Waals surface area (Å²) in [6, 6.07) is 11.8. The number of amides is 1. The lowest BCUT2D eigenvalue weighted by atomic mass is 10.2. The Hall–Kier alpha value is -2.92. The van der Waals surface area contributed by atoms with E-state index in [9.17, 15) is 26.4 Å². The van der Waals surface area contributed by atoms with Gasteiger partial charge in [-0.15, -0.1) is 0 Å². The van der Waals surface area contributed by atoms with Gasteiger partial charge in [0.25, 0.3) is 10.0 Å². The molecule has 2 aromatic rings. The van der Waals surface area contributed by atoms with Crippen molar-refractivity contribution >= 4 is 31.9 Å². The zero-order chi connectivity index (χ0) is 20.9. The zero-order valence-corrected chi connectivity index (χ0v) is 16.5. The maximum atomic E-state index is 12.5. The smallest absolute Gasteiger partial charge is 0.421 e. The van der Waals surface area contributed by atoms with Crippen LogP contribution >= 0.6 is 0 Å². The molecule has 0 saturated carbocycles. The summed E-state index contributed by atoms with van der Waals surface area (Å²) in [5.41, 5.74) is 0.628. The Morgan fingerprint density at radius 2 is 1.61 bits per heavy atom. The molecule has 150 valence electrons. The van der Waals surface area contributed by atoms with Crippen LogP contribution < -0.4 is 9.46 Å². The van der Waals surface area contributed by atoms with Crippen LogP contribution in [0.2, 0.25) is 0 Å². The van der Waals surface area contributed by atoms with Crippen LogP contribution in [-0.2, 0) is 36.0 Å². The first-order valence-corrected chi connectivity index (χ1v) is 11.1. The summed E-state index contributed by atoms with van der Waals surface area (Å²) in [7, 11) is -8.76. The van der Waals surface area contributed by atoms with E-state index in [1.54, 1.807) is 35.1 Å². The van der Waals surface area contributed by atoms with Crippen LogP contribution in [0, 0.1) is 0 Å². The van der Waals surface area contributed by atoms with E-state index in [2.05, 4.69) is 0 Å². The van der Waals surface area contributed by atoms with E-state index in [1.165, 1.54) is 6.07 Å². The molecule has 28 heavy (non-hydrogen) atoms. The van der Waals surface area contributed by atoms with E-state index in [-0.39, 0.29) is 6.61 Å². The molecule has 0 bridgehead atoms. The first-order chi connectivity index (χ1) is 13.0. The topological polar surface area (TPSA) is 133 Å². The number of nitrogens with one attached hydrogen (secondary N) is 1. The van der Waals surface area contributed by atoms with E-state index in [0.717, 1.165) is 25.3 Å². The summed E-state index contributed by atoms with van der Waals surface area (Å²) in [6.45, 7) is 0.848. The monoisotopic (exact) mass is 427 g/mol. The Morgan fingerprint density at radius 3 is 2.18 bits per heavy atom. The molecule has 0 unspecified atom stereocenters. The van der Waals surface area contributed by atoms with Crippen molar-refractivity contribution < 1.29 is 35.9 Å². The third-order valence-electron chi connectivity index (χ3n) is 3.29. The third kappa shape index (κ3) is 5.54. The molecular formula is C17H17NO8S2. The number of carbonyl (C=O) groups excluding carboxylic acids is 2. The average molecular weight is 427 g/mol. The quantitative estimate of drug-likeness (QED) is 0.543. The van der Waals surface area contributed by atoms with Gasteiger partial charge >= 0.3 is 12.1 Å². The van der Waals surface area contributed by atoms with Crippen molar-refractivity contribution in [3.05, 3.63) is 54.1 Å². The Labute approximate surface area is 162 Å². The van der Waals surface area contributed by atoms with E-state index < -0.39 is 47.5 Å². The lowest BCUT2D eigenvalue weighted by Crippen LogP contribution is -2.32. The third-order valence-corrected chi connectivity index (χ3v) is 5.93. The summed E-state index contributed by atoms with van der Waals surface area (Å²) in [4.78, 5) is 21.6. The number of sulfone groups is 1. The fourth-order valence-corrected chi connectivity index (χ4v) is 4.91. The Kier molecular flexibility index (Phi) is 6.41. The maximum Gasteiger partial charge on any atom is 0.421 e. The van der Waals surface area contributed by atoms with Gasteiger partial charge in [-0.3, -0.25) is 4.79 Å². The van der Waals surface area contributed by atoms with Gasteiger partial charge in [-0.1, -0.05) is 36.4 Å². The van der Waals surface area contributed by atoms with Gasteiger partial charge in [0.05, 0.1) is 0 Å². The normalized spacial score (nSPS) is 11.5. The molecule has 2 aromatic carbocycles. The van der Waals surface area contributed by atoms with Crippen molar-refractivity contribution in [3.63, 3.8) is 0 Å². The summed E-state index contributed by atoms with van der Waals surface area (Å²) >= 11 is 0. The van der Waals surface area contributed by atoms with Crippen molar-refractivity contribution in [2.75, 3.05) is 6.26 Å². The van der Waals surface area contributed by atoms with Crippen LogP contribution in [0.25, 0.3) is 0 Å². The van der Waals surface area contributed by atoms with Gasteiger partial charge in [0, 0.05) is 13.2 Å². The summed E-state index contributed by atoms with van der Waals surface area (Å²) in [6.07, 6.45) is -0.539. The van der Waals surface area contributed by atoms with Crippen molar-refractivity contribution in [1.29, 1.82) is 0 Å². The second kappa shape index (κ2) is 8.40. The van der Waals surface area contributed by atoms with Gasteiger partial charge in [-0.05, 0) is 17.7 Å².